The van der Waals surface area contributed by atoms with Gasteiger partial charge in [0, 0.05) is 24.3 Å². The summed E-state index contributed by atoms with van der Waals surface area (Å²) in [5.41, 5.74) is 1.98. The first-order valence-corrected chi connectivity index (χ1v) is 10.5. The van der Waals surface area contributed by atoms with E-state index in [9.17, 15) is 8.42 Å². The van der Waals surface area contributed by atoms with Crippen LogP contribution < -0.4 is 4.72 Å². The predicted octanol–water partition coefficient (Wildman–Crippen LogP) is 2.79. The Labute approximate surface area is 154 Å². The van der Waals surface area contributed by atoms with Crippen LogP contribution in [0.3, 0.4) is 0 Å². The van der Waals surface area contributed by atoms with Gasteiger partial charge in [0.1, 0.15) is 11.4 Å². The van der Waals surface area contributed by atoms with Gasteiger partial charge < -0.3 is 4.52 Å². The molecule has 4 aromatic rings. The summed E-state index contributed by atoms with van der Waals surface area (Å²) in [7, 11) is -3.58. The first-order valence-electron chi connectivity index (χ1n) is 7.94. The summed E-state index contributed by atoms with van der Waals surface area (Å²) >= 11 is 1.56. The third-order valence-corrected chi connectivity index (χ3v) is 6.01. The number of hydrogen-bond acceptors (Lipinski definition) is 6. The van der Waals surface area contributed by atoms with Crippen LogP contribution in [0.2, 0.25) is 0 Å². The van der Waals surface area contributed by atoms with Crippen LogP contribution in [0.5, 0.6) is 0 Å². The molecule has 0 spiro atoms. The first kappa shape index (κ1) is 17.0. The molecule has 4 rings (SSSR count). The number of thiophene rings is 1. The van der Waals surface area contributed by atoms with E-state index >= 15 is 0 Å². The van der Waals surface area contributed by atoms with Gasteiger partial charge in [0.15, 0.2) is 5.58 Å². The van der Waals surface area contributed by atoms with E-state index in [1.54, 1.807) is 34.3 Å². The molecule has 7 nitrogen and oxygen atoms in total. The van der Waals surface area contributed by atoms with Gasteiger partial charge in [-0.25, -0.2) is 13.1 Å². The first-order chi connectivity index (χ1) is 12.6. The number of aromatic nitrogens is 3. The molecule has 0 saturated heterocycles. The van der Waals surface area contributed by atoms with E-state index in [0.29, 0.717) is 16.7 Å². The molecule has 0 aliphatic rings. The average Bonchev–Trinajstić information content (AvgIpc) is 3.37. The zero-order valence-corrected chi connectivity index (χ0v) is 15.3. The van der Waals surface area contributed by atoms with E-state index in [0.717, 1.165) is 5.56 Å². The van der Waals surface area contributed by atoms with Crippen molar-refractivity contribution in [3.05, 3.63) is 70.8 Å². The van der Waals surface area contributed by atoms with Crippen LogP contribution in [0.15, 0.2) is 64.1 Å². The number of para-hydroxylation sites is 1. The molecule has 0 amide bonds. The molecule has 9 heteroatoms. The summed E-state index contributed by atoms with van der Waals surface area (Å²) < 4.78 is 34.7. The quantitative estimate of drug-likeness (QED) is 0.526. The third-order valence-electron chi connectivity index (χ3n) is 4.05. The summed E-state index contributed by atoms with van der Waals surface area (Å²) in [5, 5.41) is 12.8. The molecular formula is C17H16N4O3S2. The molecule has 134 valence electrons. The molecule has 3 aromatic heterocycles. The topological polar surface area (TPSA) is 90.0 Å². The summed E-state index contributed by atoms with van der Waals surface area (Å²) in [6, 6.07) is 10.8. The Balaban J connectivity index is 1.52. The highest BCUT2D eigenvalue weighted by molar-refractivity contribution is 7.88. The minimum absolute atomic E-state index is 0.205. The largest absolute Gasteiger partial charge is 0.356 e. The van der Waals surface area contributed by atoms with Crippen molar-refractivity contribution in [1.29, 1.82) is 0 Å². The number of benzene rings is 1. The Hall–Kier alpha value is -2.49. The fourth-order valence-electron chi connectivity index (χ4n) is 2.77. The maximum absolute atomic E-state index is 12.6. The van der Waals surface area contributed by atoms with Crippen molar-refractivity contribution in [1.82, 2.24) is 19.7 Å². The third kappa shape index (κ3) is 3.55. The van der Waals surface area contributed by atoms with Gasteiger partial charge >= 0.3 is 0 Å². The minimum atomic E-state index is -3.58. The molecule has 0 bridgehead atoms. The molecule has 0 radical (unpaired) electrons. The maximum Gasteiger partial charge on any atom is 0.217 e. The van der Waals surface area contributed by atoms with E-state index in [4.69, 9.17) is 4.52 Å². The molecule has 26 heavy (non-hydrogen) atoms. The molecule has 1 N–H and O–H groups in total. The molecule has 0 unspecified atom stereocenters. The molecule has 1 aromatic carbocycles. The second-order valence-electron chi connectivity index (χ2n) is 5.79. The van der Waals surface area contributed by atoms with E-state index in [2.05, 4.69) is 15.0 Å². The Bertz CT molecular complexity index is 1050. The van der Waals surface area contributed by atoms with Crippen molar-refractivity contribution in [2.24, 2.45) is 0 Å². The smallest absolute Gasteiger partial charge is 0.217 e. The van der Waals surface area contributed by atoms with Crippen molar-refractivity contribution < 1.29 is 12.9 Å². The van der Waals surface area contributed by atoms with Crippen molar-refractivity contribution in [2.75, 3.05) is 6.54 Å². The van der Waals surface area contributed by atoms with Crippen LogP contribution in [0.25, 0.3) is 11.0 Å². The van der Waals surface area contributed by atoms with Crippen LogP contribution in [0.4, 0.5) is 0 Å². The zero-order chi connectivity index (χ0) is 18.0. The van der Waals surface area contributed by atoms with E-state index in [-0.39, 0.29) is 18.3 Å². The molecular weight excluding hydrogens is 372 g/mol. The number of nitrogens with one attached hydrogen (secondary N) is 1. The second-order valence-corrected chi connectivity index (χ2v) is 8.38. The highest BCUT2D eigenvalue weighted by atomic mass is 32.2. The van der Waals surface area contributed by atoms with Gasteiger partial charge in [0.2, 0.25) is 10.0 Å². The summed E-state index contributed by atoms with van der Waals surface area (Å²) in [4.78, 5) is 0. The summed E-state index contributed by atoms with van der Waals surface area (Å²) in [5.74, 6) is -0.237. The number of sulfonamides is 1. The van der Waals surface area contributed by atoms with Crippen LogP contribution >= 0.6 is 11.3 Å². The summed E-state index contributed by atoms with van der Waals surface area (Å²) in [6.45, 7) is 0.205. The number of nitrogens with zero attached hydrogens (tertiary/aromatic N) is 3. The van der Waals surface area contributed by atoms with Gasteiger partial charge in [-0.3, -0.25) is 4.68 Å². The fourth-order valence-corrected chi connectivity index (χ4v) is 4.56. The van der Waals surface area contributed by atoms with Gasteiger partial charge in [0.05, 0.1) is 6.04 Å². The maximum atomic E-state index is 12.6. The second kappa shape index (κ2) is 7.02. The monoisotopic (exact) mass is 388 g/mol. The Kier molecular flexibility index (Phi) is 4.58. The van der Waals surface area contributed by atoms with Crippen molar-refractivity contribution >= 4 is 32.3 Å². The Morgan fingerprint density at radius 1 is 1.23 bits per heavy atom. The lowest BCUT2D eigenvalue weighted by Gasteiger charge is -2.17. The highest BCUT2D eigenvalue weighted by Gasteiger charge is 2.21. The lowest BCUT2D eigenvalue weighted by Crippen LogP contribution is -2.32. The normalized spacial score (nSPS) is 13.2. The van der Waals surface area contributed by atoms with Crippen LogP contribution in [0, 0.1) is 0 Å². The van der Waals surface area contributed by atoms with E-state index < -0.39 is 10.0 Å². The number of hydrogen-bond donors (Lipinski definition) is 1. The molecule has 0 aliphatic carbocycles. The lowest BCUT2D eigenvalue weighted by atomic mass is 10.1. The van der Waals surface area contributed by atoms with Gasteiger partial charge in [-0.15, -0.1) is 0 Å². The van der Waals surface area contributed by atoms with Crippen LogP contribution in [0.1, 0.15) is 17.3 Å². The molecule has 0 fully saturated rings. The van der Waals surface area contributed by atoms with Gasteiger partial charge in [-0.1, -0.05) is 17.3 Å². The average molecular weight is 388 g/mol. The summed E-state index contributed by atoms with van der Waals surface area (Å²) in [6.07, 6.45) is 3.50. The molecule has 3 heterocycles. The van der Waals surface area contributed by atoms with Crippen molar-refractivity contribution in [2.45, 2.75) is 11.8 Å². The fraction of sp³-hybridized carbons (Fsp3) is 0.176. The standard InChI is InChI=1S/C17H16N4O3S2/c22-26(23,12-15-14-4-1-2-5-17(14)24-20-15)19-10-16(13-6-9-25-11-13)21-8-3-7-18-21/h1-9,11,16,19H,10,12H2/t16-/m0/s1. The molecule has 0 saturated carbocycles. The lowest BCUT2D eigenvalue weighted by molar-refractivity contribution is 0.448. The molecule has 1 atom stereocenters. The zero-order valence-electron chi connectivity index (χ0n) is 13.6. The highest BCUT2D eigenvalue weighted by Crippen LogP contribution is 2.21. The number of fused-ring (bicyclic) bond motifs is 1. The van der Waals surface area contributed by atoms with Gasteiger partial charge in [-0.05, 0) is 40.6 Å². The van der Waals surface area contributed by atoms with Gasteiger partial charge in [-0.2, -0.15) is 16.4 Å². The van der Waals surface area contributed by atoms with E-state index in [1.165, 1.54) is 0 Å². The number of rotatable bonds is 7. The Morgan fingerprint density at radius 3 is 2.88 bits per heavy atom. The van der Waals surface area contributed by atoms with Crippen molar-refractivity contribution in [3.63, 3.8) is 0 Å². The van der Waals surface area contributed by atoms with Crippen molar-refractivity contribution in [3.8, 4) is 0 Å². The van der Waals surface area contributed by atoms with Crippen LogP contribution in [-0.2, 0) is 15.8 Å². The Morgan fingerprint density at radius 2 is 2.12 bits per heavy atom. The van der Waals surface area contributed by atoms with Gasteiger partial charge in [0.25, 0.3) is 0 Å². The predicted molar refractivity (Wildman–Crippen MR) is 99.3 cm³/mol. The van der Waals surface area contributed by atoms with E-state index in [1.807, 2.05) is 41.2 Å². The minimum Gasteiger partial charge on any atom is -0.356 e. The SMILES string of the molecule is O=S(=O)(Cc1noc2ccccc12)NC[C@@H](c1ccsc1)n1cccn1. The van der Waals surface area contributed by atoms with Crippen LogP contribution in [-0.4, -0.2) is 29.9 Å². The molecule has 0 aliphatic heterocycles.